The van der Waals surface area contributed by atoms with Crippen molar-refractivity contribution < 1.29 is 14.6 Å². The number of carbonyl (C=O) groups excluding carboxylic acids is 1. The zero-order valence-corrected chi connectivity index (χ0v) is 19.2. The van der Waals surface area contributed by atoms with Crippen LogP contribution in [0.3, 0.4) is 0 Å². The highest BCUT2D eigenvalue weighted by Gasteiger charge is 2.27. The first-order valence-electron chi connectivity index (χ1n) is 12.1. The van der Waals surface area contributed by atoms with E-state index in [4.69, 9.17) is 4.74 Å². The SMILES string of the molecule is O=C1c2ccc(CN3CCNCC3)cc2OCCN1CC(O)CN1CCc2ccccc2C1. The highest BCUT2D eigenvalue weighted by atomic mass is 16.5. The van der Waals surface area contributed by atoms with Crippen molar-refractivity contribution in [3.05, 3.63) is 64.7 Å². The Hall–Kier alpha value is -2.45. The van der Waals surface area contributed by atoms with E-state index in [1.54, 1.807) is 4.90 Å². The number of ether oxygens (including phenoxy) is 1. The first-order chi connectivity index (χ1) is 16.2. The summed E-state index contributed by atoms with van der Waals surface area (Å²) in [4.78, 5) is 19.7. The van der Waals surface area contributed by atoms with Crippen LogP contribution in [0.4, 0.5) is 0 Å². The number of benzene rings is 2. The maximum atomic E-state index is 13.2. The summed E-state index contributed by atoms with van der Waals surface area (Å²) in [6.45, 7) is 8.57. The number of amides is 1. The van der Waals surface area contributed by atoms with E-state index in [2.05, 4.69) is 39.4 Å². The molecule has 176 valence electrons. The molecule has 0 radical (unpaired) electrons. The van der Waals surface area contributed by atoms with Crippen LogP contribution in [-0.2, 0) is 19.5 Å². The molecular formula is C26H34N4O3. The molecule has 5 rings (SSSR count). The number of hydrogen-bond donors (Lipinski definition) is 2. The van der Waals surface area contributed by atoms with Gasteiger partial charge in [0.05, 0.1) is 18.2 Å². The van der Waals surface area contributed by atoms with E-state index in [9.17, 15) is 9.90 Å². The number of hydrogen-bond acceptors (Lipinski definition) is 6. The van der Waals surface area contributed by atoms with Gasteiger partial charge >= 0.3 is 0 Å². The van der Waals surface area contributed by atoms with E-state index in [1.807, 2.05) is 18.2 Å². The summed E-state index contributed by atoms with van der Waals surface area (Å²) in [7, 11) is 0. The molecule has 3 aliphatic rings. The van der Waals surface area contributed by atoms with E-state index in [0.717, 1.165) is 52.2 Å². The van der Waals surface area contributed by atoms with Gasteiger partial charge in [0.1, 0.15) is 12.4 Å². The predicted octanol–water partition coefficient (Wildman–Crippen LogP) is 1.35. The molecule has 7 nitrogen and oxygen atoms in total. The van der Waals surface area contributed by atoms with E-state index >= 15 is 0 Å². The van der Waals surface area contributed by atoms with Crippen LogP contribution in [0.15, 0.2) is 42.5 Å². The lowest BCUT2D eigenvalue weighted by molar-refractivity contribution is 0.0501. The minimum absolute atomic E-state index is 0.0562. The fourth-order valence-electron chi connectivity index (χ4n) is 5.12. The third-order valence-electron chi connectivity index (χ3n) is 6.91. The smallest absolute Gasteiger partial charge is 0.257 e. The van der Waals surface area contributed by atoms with Crippen molar-refractivity contribution in [2.75, 3.05) is 59.0 Å². The molecule has 2 aromatic carbocycles. The van der Waals surface area contributed by atoms with Crippen molar-refractivity contribution in [3.63, 3.8) is 0 Å². The minimum atomic E-state index is -0.590. The molecule has 1 fully saturated rings. The van der Waals surface area contributed by atoms with Gasteiger partial charge in [-0.05, 0) is 35.2 Å². The molecule has 1 unspecified atom stereocenters. The summed E-state index contributed by atoms with van der Waals surface area (Å²) < 4.78 is 5.96. The molecule has 0 bridgehead atoms. The third kappa shape index (κ3) is 5.38. The first-order valence-corrected chi connectivity index (χ1v) is 12.1. The third-order valence-corrected chi connectivity index (χ3v) is 6.91. The number of fused-ring (bicyclic) bond motifs is 2. The Morgan fingerprint density at radius 1 is 0.970 bits per heavy atom. The topological polar surface area (TPSA) is 68.3 Å². The Bertz CT molecular complexity index is 976. The van der Waals surface area contributed by atoms with Crippen molar-refractivity contribution in [1.29, 1.82) is 0 Å². The second-order valence-electron chi connectivity index (χ2n) is 9.36. The number of piperazine rings is 1. The summed E-state index contributed by atoms with van der Waals surface area (Å²) in [5, 5.41) is 14.2. The van der Waals surface area contributed by atoms with Crippen LogP contribution in [0.2, 0.25) is 0 Å². The number of rotatable bonds is 6. The number of aliphatic hydroxyl groups is 1. The molecule has 1 saturated heterocycles. The van der Waals surface area contributed by atoms with Crippen molar-refractivity contribution in [3.8, 4) is 5.75 Å². The normalized spacial score (nSPS) is 20.5. The lowest BCUT2D eigenvalue weighted by atomic mass is 10.00. The molecule has 1 atom stereocenters. The van der Waals surface area contributed by atoms with Gasteiger partial charge in [-0.25, -0.2) is 0 Å². The van der Waals surface area contributed by atoms with E-state index in [0.29, 0.717) is 37.6 Å². The molecule has 3 heterocycles. The molecule has 7 heteroatoms. The highest BCUT2D eigenvalue weighted by Crippen LogP contribution is 2.26. The summed E-state index contributed by atoms with van der Waals surface area (Å²) >= 11 is 0. The van der Waals surface area contributed by atoms with Crippen molar-refractivity contribution >= 4 is 5.91 Å². The molecule has 0 aromatic heterocycles. The fourth-order valence-corrected chi connectivity index (χ4v) is 5.12. The Balaban J connectivity index is 1.19. The van der Waals surface area contributed by atoms with Crippen LogP contribution in [0.5, 0.6) is 5.75 Å². The van der Waals surface area contributed by atoms with Gasteiger partial charge in [-0.1, -0.05) is 30.3 Å². The maximum absolute atomic E-state index is 13.2. The average molecular weight is 451 g/mol. The Morgan fingerprint density at radius 2 is 1.79 bits per heavy atom. The molecular weight excluding hydrogens is 416 g/mol. The summed E-state index contributed by atoms with van der Waals surface area (Å²) in [5.74, 6) is 0.608. The van der Waals surface area contributed by atoms with Crippen LogP contribution in [0.25, 0.3) is 0 Å². The lowest BCUT2D eigenvalue weighted by Gasteiger charge is -2.32. The van der Waals surface area contributed by atoms with Gasteiger partial charge in [0, 0.05) is 58.9 Å². The zero-order valence-electron chi connectivity index (χ0n) is 19.2. The van der Waals surface area contributed by atoms with Gasteiger partial charge in [0.15, 0.2) is 0 Å². The highest BCUT2D eigenvalue weighted by molar-refractivity contribution is 5.97. The van der Waals surface area contributed by atoms with E-state index in [-0.39, 0.29) is 5.91 Å². The average Bonchev–Trinajstić information content (AvgIpc) is 2.98. The molecule has 0 spiro atoms. The first kappa shape index (κ1) is 22.3. The van der Waals surface area contributed by atoms with Gasteiger partial charge in [-0.2, -0.15) is 0 Å². The summed E-state index contributed by atoms with van der Waals surface area (Å²) in [6, 6.07) is 14.4. The minimum Gasteiger partial charge on any atom is -0.491 e. The number of nitrogens with zero attached hydrogens (tertiary/aromatic N) is 3. The van der Waals surface area contributed by atoms with Crippen molar-refractivity contribution in [2.45, 2.75) is 25.6 Å². The zero-order chi connectivity index (χ0) is 22.6. The summed E-state index contributed by atoms with van der Waals surface area (Å²) in [6.07, 6.45) is 0.413. The van der Waals surface area contributed by atoms with Gasteiger partial charge < -0.3 is 20.1 Å². The van der Waals surface area contributed by atoms with Crippen LogP contribution >= 0.6 is 0 Å². The molecule has 2 N–H and O–H groups in total. The second kappa shape index (κ2) is 10.2. The standard InChI is InChI=1S/C26H34N4O3/c31-23(18-29-10-7-21-3-1-2-4-22(21)17-29)19-30-13-14-33-25-15-20(5-6-24(25)26(30)32)16-28-11-8-27-9-12-28/h1-6,15,23,27,31H,7-14,16-19H2. The summed E-state index contributed by atoms with van der Waals surface area (Å²) in [5.41, 5.74) is 4.50. The number of carbonyl (C=O) groups is 1. The van der Waals surface area contributed by atoms with Crippen LogP contribution in [-0.4, -0.2) is 90.8 Å². The van der Waals surface area contributed by atoms with E-state index < -0.39 is 6.10 Å². The molecule has 33 heavy (non-hydrogen) atoms. The van der Waals surface area contributed by atoms with Crippen molar-refractivity contribution in [2.24, 2.45) is 0 Å². The Labute approximate surface area is 195 Å². The van der Waals surface area contributed by atoms with Crippen LogP contribution < -0.4 is 10.1 Å². The number of aliphatic hydroxyl groups excluding tert-OH is 1. The lowest BCUT2D eigenvalue weighted by Crippen LogP contribution is -2.44. The molecule has 2 aromatic rings. The van der Waals surface area contributed by atoms with Gasteiger partial charge in [-0.3, -0.25) is 14.6 Å². The largest absolute Gasteiger partial charge is 0.491 e. The van der Waals surface area contributed by atoms with Crippen molar-refractivity contribution in [1.82, 2.24) is 20.0 Å². The molecule has 0 aliphatic carbocycles. The maximum Gasteiger partial charge on any atom is 0.257 e. The van der Waals surface area contributed by atoms with Crippen LogP contribution in [0.1, 0.15) is 27.0 Å². The second-order valence-corrected chi connectivity index (χ2v) is 9.36. The van der Waals surface area contributed by atoms with Crippen LogP contribution in [0, 0.1) is 0 Å². The number of nitrogens with one attached hydrogen (secondary N) is 1. The molecule has 3 aliphatic heterocycles. The quantitative estimate of drug-likeness (QED) is 0.693. The Morgan fingerprint density at radius 3 is 2.64 bits per heavy atom. The molecule has 1 amide bonds. The fraction of sp³-hybridized carbons (Fsp3) is 0.500. The van der Waals surface area contributed by atoms with Gasteiger partial charge in [-0.15, -0.1) is 0 Å². The van der Waals surface area contributed by atoms with E-state index in [1.165, 1.54) is 16.7 Å². The molecule has 0 saturated carbocycles. The Kier molecular flexibility index (Phi) is 6.92. The van der Waals surface area contributed by atoms with Gasteiger partial charge in [0.25, 0.3) is 5.91 Å². The van der Waals surface area contributed by atoms with Gasteiger partial charge in [0.2, 0.25) is 0 Å². The monoisotopic (exact) mass is 450 g/mol. The predicted molar refractivity (Wildman–Crippen MR) is 127 cm³/mol. The number of β-amino-alcohol motifs (C(OH)–C–C–N with tert-alkyl or cyclic N) is 1.